The smallest absolute Gasteiger partial charge is 0.340 e. The average Bonchev–Trinajstić information content (AvgIpc) is 2.38. The lowest BCUT2D eigenvalue weighted by atomic mass is 10.2. The second kappa shape index (κ2) is 7.89. The van der Waals surface area contributed by atoms with E-state index in [0.29, 0.717) is 29.6 Å². The molecule has 6 heteroatoms. The number of thioether (sulfide) groups is 1. The van der Waals surface area contributed by atoms with Crippen LogP contribution in [0, 0.1) is 5.92 Å². The molecule has 0 saturated heterocycles. The van der Waals surface area contributed by atoms with Crippen LogP contribution in [0.25, 0.3) is 0 Å². The lowest BCUT2D eigenvalue weighted by Crippen LogP contribution is -2.17. The molecule has 19 heavy (non-hydrogen) atoms. The molecule has 0 bridgehead atoms. The van der Waals surface area contributed by atoms with Gasteiger partial charge in [-0.25, -0.2) is 9.78 Å². The number of anilines is 2. The SMILES string of the molecule is CCOC(=O)c1ccnc(NCC(C)CSC)c1N. The topological polar surface area (TPSA) is 77.2 Å². The second-order valence-electron chi connectivity index (χ2n) is 4.28. The largest absolute Gasteiger partial charge is 0.462 e. The molecule has 0 spiro atoms. The third-order valence-corrected chi connectivity index (χ3v) is 3.46. The minimum Gasteiger partial charge on any atom is -0.462 e. The normalized spacial score (nSPS) is 11.9. The molecule has 1 rings (SSSR count). The molecule has 0 fully saturated rings. The van der Waals surface area contributed by atoms with E-state index in [1.54, 1.807) is 30.9 Å². The molecule has 1 atom stereocenters. The molecule has 0 aliphatic carbocycles. The van der Waals surface area contributed by atoms with E-state index < -0.39 is 5.97 Å². The summed E-state index contributed by atoms with van der Waals surface area (Å²) in [5, 5.41) is 3.18. The molecule has 3 N–H and O–H groups in total. The highest BCUT2D eigenvalue weighted by molar-refractivity contribution is 7.98. The molecule has 0 aromatic carbocycles. The van der Waals surface area contributed by atoms with Crippen LogP contribution < -0.4 is 11.1 Å². The van der Waals surface area contributed by atoms with Crippen molar-refractivity contribution in [1.82, 2.24) is 4.98 Å². The van der Waals surface area contributed by atoms with Crippen LogP contribution >= 0.6 is 11.8 Å². The van der Waals surface area contributed by atoms with Crippen molar-refractivity contribution in [2.75, 3.05) is 36.2 Å². The van der Waals surface area contributed by atoms with Crippen LogP contribution in [0.5, 0.6) is 0 Å². The number of nitrogen functional groups attached to an aromatic ring is 1. The third-order valence-electron chi connectivity index (χ3n) is 2.55. The summed E-state index contributed by atoms with van der Waals surface area (Å²) in [6.07, 6.45) is 3.63. The van der Waals surface area contributed by atoms with E-state index >= 15 is 0 Å². The number of aromatic nitrogens is 1. The number of carbonyl (C=O) groups is 1. The van der Waals surface area contributed by atoms with Crippen LogP contribution in [0.2, 0.25) is 0 Å². The van der Waals surface area contributed by atoms with Crippen LogP contribution in [0.15, 0.2) is 12.3 Å². The van der Waals surface area contributed by atoms with Crippen molar-refractivity contribution < 1.29 is 9.53 Å². The van der Waals surface area contributed by atoms with E-state index in [4.69, 9.17) is 10.5 Å². The van der Waals surface area contributed by atoms with Gasteiger partial charge in [-0.2, -0.15) is 11.8 Å². The summed E-state index contributed by atoms with van der Waals surface area (Å²) in [6, 6.07) is 1.57. The van der Waals surface area contributed by atoms with E-state index in [1.807, 2.05) is 0 Å². The van der Waals surface area contributed by atoms with Crippen LogP contribution in [-0.2, 0) is 4.74 Å². The molecule has 0 amide bonds. The number of hydrogen-bond acceptors (Lipinski definition) is 6. The number of esters is 1. The molecular formula is C13H21N3O2S. The Morgan fingerprint density at radius 3 is 3.00 bits per heavy atom. The van der Waals surface area contributed by atoms with Gasteiger partial charge in [0.15, 0.2) is 0 Å². The number of carbonyl (C=O) groups excluding carboxylic acids is 1. The van der Waals surface area contributed by atoms with Crippen LogP contribution in [-0.4, -0.2) is 36.1 Å². The summed E-state index contributed by atoms with van der Waals surface area (Å²) in [7, 11) is 0. The van der Waals surface area contributed by atoms with Gasteiger partial charge in [-0.15, -0.1) is 0 Å². The lowest BCUT2D eigenvalue weighted by molar-refractivity contribution is 0.0527. The molecule has 1 unspecified atom stereocenters. The minimum absolute atomic E-state index is 0.327. The molecule has 106 valence electrons. The number of hydrogen-bond donors (Lipinski definition) is 2. The van der Waals surface area contributed by atoms with Crippen LogP contribution in [0.3, 0.4) is 0 Å². The van der Waals surface area contributed by atoms with Gasteiger partial charge in [-0.1, -0.05) is 6.92 Å². The quantitative estimate of drug-likeness (QED) is 0.747. The number of nitrogens with two attached hydrogens (primary N) is 1. The predicted octanol–water partition coefficient (Wildman–Crippen LogP) is 2.25. The summed E-state index contributed by atoms with van der Waals surface area (Å²) in [5.41, 5.74) is 6.65. The lowest BCUT2D eigenvalue weighted by Gasteiger charge is -2.14. The van der Waals surface area contributed by atoms with Gasteiger partial charge in [-0.3, -0.25) is 0 Å². The zero-order valence-corrected chi connectivity index (χ0v) is 12.4. The standard InChI is InChI=1S/C13H21N3O2S/c1-4-18-13(17)10-5-6-15-12(11(10)14)16-7-9(2)8-19-3/h5-6,9H,4,7-8,14H2,1-3H3,(H,15,16). The Hall–Kier alpha value is -1.43. The van der Waals surface area contributed by atoms with Crippen molar-refractivity contribution in [1.29, 1.82) is 0 Å². The Morgan fingerprint density at radius 2 is 2.37 bits per heavy atom. The van der Waals surface area contributed by atoms with Gasteiger partial charge < -0.3 is 15.8 Å². The molecule has 0 radical (unpaired) electrons. The molecule has 0 aliphatic heterocycles. The van der Waals surface area contributed by atoms with Crippen molar-refractivity contribution in [3.63, 3.8) is 0 Å². The summed E-state index contributed by atoms with van der Waals surface area (Å²) in [6.45, 7) is 5.01. The molecule has 1 aromatic rings. The Balaban J connectivity index is 2.74. The van der Waals surface area contributed by atoms with Crippen molar-refractivity contribution >= 4 is 29.2 Å². The molecule has 1 aromatic heterocycles. The zero-order chi connectivity index (χ0) is 14.3. The Morgan fingerprint density at radius 1 is 1.63 bits per heavy atom. The van der Waals surface area contributed by atoms with Gasteiger partial charge >= 0.3 is 5.97 Å². The first-order chi connectivity index (χ1) is 9.10. The summed E-state index contributed by atoms with van der Waals surface area (Å²) in [4.78, 5) is 15.9. The molecule has 5 nitrogen and oxygen atoms in total. The molecule has 0 saturated carbocycles. The Labute approximate surface area is 118 Å². The van der Waals surface area contributed by atoms with Crippen molar-refractivity contribution in [3.05, 3.63) is 17.8 Å². The number of nitrogens with one attached hydrogen (secondary N) is 1. The highest BCUT2D eigenvalue weighted by Crippen LogP contribution is 2.21. The fourth-order valence-corrected chi connectivity index (χ4v) is 2.30. The van der Waals surface area contributed by atoms with Gasteiger partial charge in [0.25, 0.3) is 0 Å². The van der Waals surface area contributed by atoms with E-state index in [9.17, 15) is 4.79 Å². The zero-order valence-electron chi connectivity index (χ0n) is 11.6. The maximum absolute atomic E-state index is 11.7. The maximum atomic E-state index is 11.7. The molecular weight excluding hydrogens is 262 g/mol. The van der Waals surface area contributed by atoms with E-state index in [-0.39, 0.29) is 0 Å². The van der Waals surface area contributed by atoms with E-state index in [1.165, 1.54) is 0 Å². The summed E-state index contributed by atoms with van der Waals surface area (Å²) >= 11 is 1.80. The number of ether oxygens (including phenoxy) is 1. The average molecular weight is 283 g/mol. The molecule has 1 heterocycles. The number of rotatable bonds is 7. The van der Waals surface area contributed by atoms with Gasteiger partial charge in [0, 0.05) is 12.7 Å². The second-order valence-corrected chi connectivity index (χ2v) is 5.19. The fraction of sp³-hybridized carbons (Fsp3) is 0.538. The van der Waals surface area contributed by atoms with Gasteiger partial charge in [0.2, 0.25) is 0 Å². The highest BCUT2D eigenvalue weighted by Gasteiger charge is 2.14. The number of pyridine rings is 1. The summed E-state index contributed by atoms with van der Waals surface area (Å²) < 4.78 is 4.95. The Kier molecular flexibility index (Phi) is 6.49. The maximum Gasteiger partial charge on any atom is 0.340 e. The van der Waals surface area contributed by atoms with Crippen molar-refractivity contribution in [3.8, 4) is 0 Å². The molecule has 0 aliphatic rings. The highest BCUT2D eigenvalue weighted by atomic mass is 32.2. The van der Waals surface area contributed by atoms with E-state index in [2.05, 4.69) is 23.5 Å². The van der Waals surface area contributed by atoms with Crippen molar-refractivity contribution in [2.24, 2.45) is 5.92 Å². The first-order valence-corrected chi connectivity index (χ1v) is 7.63. The van der Waals surface area contributed by atoms with E-state index in [0.717, 1.165) is 12.3 Å². The predicted molar refractivity (Wildman–Crippen MR) is 80.6 cm³/mol. The van der Waals surface area contributed by atoms with Crippen molar-refractivity contribution in [2.45, 2.75) is 13.8 Å². The first kappa shape index (κ1) is 15.6. The monoisotopic (exact) mass is 283 g/mol. The van der Waals surface area contributed by atoms with Crippen LogP contribution in [0.1, 0.15) is 24.2 Å². The first-order valence-electron chi connectivity index (χ1n) is 6.24. The third kappa shape index (κ3) is 4.63. The summed E-state index contributed by atoms with van der Waals surface area (Å²) in [5.74, 6) is 1.69. The Bertz CT molecular complexity index is 426. The minimum atomic E-state index is -0.414. The number of nitrogens with zero attached hydrogens (tertiary/aromatic N) is 1. The van der Waals surface area contributed by atoms with Gasteiger partial charge in [0.1, 0.15) is 5.82 Å². The van der Waals surface area contributed by atoms with Gasteiger partial charge in [0.05, 0.1) is 17.9 Å². The van der Waals surface area contributed by atoms with Crippen LogP contribution in [0.4, 0.5) is 11.5 Å². The fourth-order valence-electron chi connectivity index (χ4n) is 1.62. The van der Waals surface area contributed by atoms with Gasteiger partial charge in [-0.05, 0) is 30.9 Å².